The van der Waals surface area contributed by atoms with Crippen molar-refractivity contribution in [1.82, 2.24) is 15.2 Å². The topological polar surface area (TPSA) is 28.2 Å². The molecule has 4 heteroatoms. The second kappa shape index (κ2) is 4.91. The Morgan fingerprint density at radius 1 is 1.50 bits per heavy atom. The zero-order valence-corrected chi connectivity index (χ0v) is 13.0. The highest BCUT2D eigenvalue weighted by Gasteiger charge is 2.38. The Labute approximate surface area is 115 Å². The third-order valence-electron chi connectivity index (χ3n) is 3.66. The largest absolute Gasteiger partial charge is 0.309 e. The van der Waals surface area contributed by atoms with E-state index in [2.05, 4.69) is 49.8 Å². The van der Waals surface area contributed by atoms with Gasteiger partial charge in [-0.15, -0.1) is 11.3 Å². The molecule has 2 heterocycles. The van der Waals surface area contributed by atoms with Crippen LogP contribution in [0.4, 0.5) is 0 Å². The van der Waals surface area contributed by atoms with Gasteiger partial charge in [-0.05, 0) is 19.3 Å². The fraction of sp³-hybridized carbons (Fsp3) is 0.786. The standard InChI is InChI=1S/C14H25N3S/c1-13(2,3)12-7-16-14(4,5)9-17(12)8-11-6-15-10-18-11/h6,10,12,16H,7-9H2,1-5H3. The first kappa shape index (κ1) is 14.0. The smallest absolute Gasteiger partial charge is 0.0794 e. The van der Waals surface area contributed by atoms with Crippen molar-refractivity contribution in [3.05, 3.63) is 16.6 Å². The minimum atomic E-state index is 0.201. The molecule has 102 valence electrons. The number of hydrogen-bond donors (Lipinski definition) is 1. The minimum Gasteiger partial charge on any atom is -0.309 e. The molecular formula is C14H25N3S. The Bertz CT molecular complexity index is 378. The van der Waals surface area contributed by atoms with Crippen LogP contribution in [-0.2, 0) is 6.54 Å². The molecule has 1 fully saturated rings. The average Bonchev–Trinajstić information content (AvgIpc) is 2.66. The van der Waals surface area contributed by atoms with Crippen molar-refractivity contribution >= 4 is 11.3 Å². The van der Waals surface area contributed by atoms with Crippen molar-refractivity contribution in [1.29, 1.82) is 0 Å². The summed E-state index contributed by atoms with van der Waals surface area (Å²) in [6, 6.07) is 0.577. The van der Waals surface area contributed by atoms with E-state index >= 15 is 0 Å². The third kappa shape index (κ3) is 3.31. The molecule has 1 N–H and O–H groups in total. The predicted molar refractivity (Wildman–Crippen MR) is 77.8 cm³/mol. The maximum Gasteiger partial charge on any atom is 0.0794 e. The third-order valence-corrected chi connectivity index (χ3v) is 4.42. The Hall–Kier alpha value is -0.450. The van der Waals surface area contributed by atoms with E-state index in [1.165, 1.54) is 4.88 Å². The second-order valence-electron chi connectivity index (χ2n) is 7.02. The number of rotatable bonds is 2. The predicted octanol–water partition coefficient (Wildman–Crippen LogP) is 2.74. The molecule has 1 aromatic rings. The minimum absolute atomic E-state index is 0.201. The number of thiazole rings is 1. The SMILES string of the molecule is CC1(C)CN(Cc2cncs2)C(C(C)(C)C)CN1. The maximum absolute atomic E-state index is 4.19. The van der Waals surface area contributed by atoms with Gasteiger partial charge in [0.05, 0.1) is 5.51 Å². The monoisotopic (exact) mass is 267 g/mol. The summed E-state index contributed by atoms with van der Waals surface area (Å²) in [7, 11) is 0. The van der Waals surface area contributed by atoms with Crippen LogP contribution in [0, 0.1) is 5.41 Å². The van der Waals surface area contributed by atoms with Gasteiger partial charge in [-0.25, -0.2) is 0 Å². The first-order valence-corrected chi connectivity index (χ1v) is 7.52. The van der Waals surface area contributed by atoms with Crippen molar-refractivity contribution < 1.29 is 0 Å². The molecule has 2 rings (SSSR count). The van der Waals surface area contributed by atoms with Gasteiger partial charge in [-0.2, -0.15) is 0 Å². The molecule has 18 heavy (non-hydrogen) atoms. The van der Waals surface area contributed by atoms with Crippen LogP contribution in [0.15, 0.2) is 11.7 Å². The summed E-state index contributed by atoms with van der Waals surface area (Å²) in [6.45, 7) is 14.7. The summed E-state index contributed by atoms with van der Waals surface area (Å²) >= 11 is 1.76. The quantitative estimate of drug-likeness (QED) is 0.893. The highest BCUT2D eigenvalue weighted by molar-refractivity contribution is 7.09. The molecule has 0 radical (unpaired) electrons. The Morgan fingerprint density at radius 3 is 2.78 bits per heavy atom. The molecule has 0 amide bonds. The molecule has 1 saturated heterocycles. The highest BCUT2D eigenvalue weighted by atomic mass is 32.1. The lowest BCUT2D eigenvalue weighted by molar-refractivity contribution is 0.0279. The second-order valence-corrected chi connectivity index (χ2v) is 7.99. The molecular weight excluding hydrogens is 242 g/mol. The summed E-state index contributed by atoms with van der Waals surface area (Å²) in [5.74, 6) is 0. The van der Waals surface area contributed by atoms with E-state index in [9.17, 15) is 0 Å². The van der Waals surface area contributed by atoms with Gasteiger partial charge in [0.2, 0.25) is 0 Å². The van der Waals surface area contributed by atoms with Crippen molar-refractivity contribution in [3.8, 4) is 0 Å². The first-order chi connectivity index (χ1) is 8.28. The van der Waals surface area contributed by atoms with Gasteiger partial charge in [-0.1, -0.05) is 20.8 Å². The lowest BCUT2D eigenvalue weighted by atomic mass is 9.82. The van der Waals surface area contributed by atoms with Gasteiger partial charge < -0.3 is 5.32 Å². The van der Waals surface area contributed by atoms with Crippen LogP contribution in [-0.4, -0.2) is 34.6 Å². The van der Waals surface area contributed by atoms with Gasteiger partial charge in [-0.3, -0.25) is 9.88 Å². The zero-order valence-electron chi connectivity index (χ0n) is 12.2. The van der Waals surface area contributed by atoms with Crippen molar-refractivity contribution in [2.75, 3.05) is 13.1 Å². The van der Waals surface area contributed by atoms with Gasteiger partial charge in [0.1, 0.15) is 0 Å². The molecule has 0 saturated carbocycles. The summed E-state index contributed by atoms with van der Waals surface area (Å²) in [5, 5.41) is 3.67. The summed E-state index contributed by atoms with van der Waals surface area (Å²) < 4.78 is 0. The van der Waals surface area contributed by atoms with E-state index in [0.29, 0.717) is 11.5 Å². The van der Waals surface area contributed by atoms with Crippen LogP contribution in [0.5, 0.6) is 0 Å². The number of nitrogens with one attached hydrogen (secondary N) is 1. The van der Waals surface area contributed by atoms with E-state index in [1.807, 2.05) is 11.7 Å². The van der Waals surface area contributed by atoms with Crippen LogP contribution < -0.4 is 5.32 Å². The lowest BCUT2D eigenvalue weighted by Gasteiger charge is -2.49. The van der Waals surface area contributed by atoms with E-state index in [0.717, 1.165) is 19.6 Å². The lowest BCUT2D eigenvalue weighted by Crippen LogP contribution is -2.64. The highest BCUT2D eigenvalue weighted by Crippen LogP contribution is 2.30. The number of nitrogens with zero attached hydrogens (tertiary/aromatic N) is 2. The normalized spacial score (nSPS) is 25.3. The van der Waals surface area contributed by atoms with Gasteiger partial charge in [0.25, 0.3) is 0 Å². The van der Waals surface area contributed by atoms with E-state index < -0.39 is 0 Å². The van der Waals surface area contributed by atoms with Gasteiger partial charge in [0.15, 0.2) is 0 Å². The van der Waals surface area contributed by atoms with Crippen LogP contribution in [0.2, 0.25) is 0 Å². The van der Waals surface area contributed by atoms with Crippen LogP contribution in [0.1, 0.15) is 39.5 Å². The number of piperazine rings is 1. The summed E-state index contributed by atoms with van der Waals surface area (Å²) in [4.78, 5) is 8.17. The molecule has 0 aromatic carbocycles. The van der Waals surface area contributed by atoms with E-state index in [4.69, 9.17) is 0 Å². The Kier molecular flexibility index (Phi) is 3.81. The molecule has 3 nitrogen and oxygen atoms in total. The molecule has 1 aliphatic heterocycles. The molecule has 0 spiro atoms. The number of aromatic nitrogens is 1. The van der Waals surface area contributed by atoms with Crippen LogP contribution in [0.25, 0.3) is 0 Å². The molecule has 0 bridgehead atoms. The van der Waals surface area contributed by atoms with Crippen molar-refractivity contribution in [2.45, 2.75) is 52.7 Å². The van der Waals surface area contributed by atoms with E-state index in [1.54, 1.807) is 11.3 Å². The maximum atomic E-state index is 4.19. The number of hydrogen-bond acceptors (Lipinski definition) is 4. The summed E-state index contributed by atoms with van der Waals surface area (Å²) in [5.41, 5.74) is 2.43. The van der Waals surface area contributed by atoms with E-state index in [-0.39, 0.29) is 5.54 Å². The van der Waals surface area contributed by atoms with Crippen LogP contribution in [0.3, 0.4) is 0 Å². The molecule has 1 unspecified atom stereocenters. The van der Waals surface area contributed by atoms with Crippen LogP contribution >= 0.6 is 11.3 Å². The van der Waals surface area contributed by atoms with Gasteiger partial charge >= 0.3 is 0 Å². The molecule has 0 aliphatic carbocycles. The molecule has 1 aromatic heterocycles. The Morgan fingerprint density at radius 2 is 2.22 bits per heavy atom. The average molecular weight is 267 g/mol. The zero-order chi connectivity index (χ0) is 13.4. The fourth-order valence-corrected chi connectivity index (χ4v) is 3.34. The molecule has 1 atom stereocenters. The molecule has 1 aliphatic rings. The summed E-state index contributed by atoms with van der Waals surface area (Å²) in [6.07, 6.45) is 2.00. The van der Waals surface area contributed by atoms with Crippen molar-refractivity contribution in [2.24, 2.45) is 5.41 Å². The fourth-order valence-electron chi connectivity index (χ4n) is 2.72. The Balaban J connectivity index is 2.14. The first-order valence-electron chi connectivity index (χ1n) is 6.64. The van der Waals surface area contributed by atoms with Gasteiger partial charge in [0, 0.05) is 42.3 Å². The van der Waals surface area contributed by atoms with Crippen molar-refractivity contribution in [3.63, 3.8) is 0 Å².